The van der Waals surface area contributed by atoms with Gasteiger partial charge in [0.2, 0.25) is 0 Å². The van der Waals surface area contributed by atoms with Gasteiger partial charge in [0.1, 0.15) is 23.3 Å². The molecule has 0 unspecified atom stereocenters. The van der Waals surface area contributed by atoms with Crippen molar-refractivity contribution in [3.05, 3.63) is 40.9 Å². The first-order valence-corrected chi connectivity index (χ1v) is 6.84. The zero-order chi connectivity index (χ0) is 14.5. The van der Waals surface area contributed by atoms with Gasteiger partial charge in [-0.3, -0.25) is 0 Å². The zero-order valence-electron chi connectivity index (χ0n) is 11.4. The maximum absolute atomic E-state index is 13.3. The molecule has 0 aliphatic carbocycles. The molecule has 0 radical (unpaired) electrons. The second kappa shape index (κ2) is 6.52. The van der Waals surface area contributed by atoms with Crippen LogP contribution in [0, 0.1) is 5.82 Å². The summed E-state index contributed by atoms with van der Waals surface area (Å²) in [6, 6.07) is 5.92. The smallest absolute Gasteiger partial charge is 0.136 e. The van der Waals surface area contributed by atoms with Crippen LogP contribution in [0.3, 0.4) is 0 Å². The molecule has 2 N–H and O–H groups in total. The second-order valence-corrected chi connectivity index (χ2v) is 4.59. The first-order chi connectivity index (χ1) is 9.62. The molecule has 0 aliphatic heterocycles. The lowest BCUT2D eigenvalue weighted by Crippen LogP contribution is -2.05. The molecule has 106 valence electrons. The third-order valence-electron chi connectivity index (χ3n) is 2.64. The van der Waals surface area contributed by atoms with Crippen LogP contribution in [0.1, 0.15) is 19.7 Å². The Bertz CT molecular complexity index is 604. The molecule has 0 bridgehead atoms. The molecule has 0 spiro atoms. The predicted octanol–water partition coefficient (Wildman–Crippen LogP) is 4.01. The molecule has 4 nitrogen and oxygen atoms in total. The van der Waals surface area contributed by atoms with Crippen molar-refractivity contribution in [1.29, 1.82) is 0 Å². The van der Waals surface area contributed by atoms with E-state index in [1.165, 1.54) is 18.2 Å². The number of halogens is 2. The Labute approximate surface area is 122 Å². The number of hydrogen-bond acceptors (Lipinski definition) is 4. The molecule has 0 saturated carbocycles. The number of anilines is 3. The van der Waals surface area contributed by atoms with Crippen molar-refractivity contribution in [2.24, 2.45) is 0 Å². The highest BCUT2D eigenvalue weighted by molar-refractivity contribution is 6.33. The predicted molar refractivity (Wildman–Crippen MR) is 80.3 cm³/mol. The Balaban J connectivity index is 2.32. The highest BCUT2D eigenvalue weighted by Gasteiger charge is 2.07. The van der Waals surface area contributed by atoms with Gasteiger partial charge in [-0.05, 0) is 25.1 Å². The van der Waals surface area contributed by atoms with Gasteiger partial charge in [0.15, 0.2) is 0 Å². The van der Waals surface area contributed by atoms with E-state index < -0.39 is 0 Å². The molecular formula is C14H16ClFN4. The molecule has 20 heavy (non-hydrogen) atoms. The molecule has 1 aromatic heterocycles. The summed E-state index contributed by atoms with van der Waals surface area (Å²) in [4.78, 5) is 8.71. The lowest BCUT2D eigenvalue weighted by molar-refractivity contribution is 0.628. The Hall–Kier alpha value is -1.88. The molecule has 0 fully saturated rings. The van der Waals surface area contributed by atoms with Gasteiger partial charge in [-0.15, -0.1) is 0 Å². The molecule has 2 aromatic rings. The quantitative estimate of drug-likeness (QED) is 0.875. The average molecular weight is 295 g/mol. The van der Waals surface area contributed by atoms with Crippen LogP contribution in [0.4, 0.5) is 21.7 Å². The van der Waals surface area contributed by atoms with Gasteiger partial charge in [-0.2, -0.15) is 0 Å². The lowest BCUT2D eigenvalue weighted by Gasteiger charge is -2.11. The number of rotatable bonds is 5. The fourth-order valence-electron chi connectivity index (χ4n) is 1.72. The molecule has 1 heterocycles. The van der Waals surface area contributed by atoms with Gasteiger partial charge >= 0.3 is 0 Å². The molecule has 1 aromatic carbocycles. The Morgan fingerprint density at radius 1 is 1.15 bits per heavy atom. The maximum atomic E-state index is 13.3. The van der Waals surface area contributed by atoms with Gasteiger partial charge in [-0.25, -0.2) is 14.4 Å². The molecule has 0 aliphatic rings. The van der Waals surface area contributed by atoms with Crippen LogP contribution in [0.15, 0.2) is 24.3 Å². The van der Waals surface area contributed by atoms with E-state index in [1.807, 2.05) is 13.8 Å². The third-order valence-corrected chi connectivity index (χ3v) is 2.97. The van der Waals surface area contributed by atoms with Crippen molar-refractivity contribution in [2.75, 3.05) is 17.2 Å². The Morgan fingerprint density at radius 2 is 1.90 bits per heavy atom. The van der Waals surface area contributed by atoms with E-state index in [2.05, 4.69) is 20.6 Å². The minimum absolute atomic E-state index is 0.353. The fraction of sp³-hybridized carbons (Fsp3) is 0.286. The van der Waals surface area contributed by atoms with Crippen LogP contribution >= 0.6 is 11.6 Å². The van der Waals surface area contributed by atoms with E-state index in [0.717, 1.165) is 12.4 Å². The van der Waals surface area contributed by atoms with Crippen molar-refractivity contribution in [3.63, 3.8) is 0 Å². The average Bonchev–Trinajstić information content (AvgIpc) is 2.43. The zero-order valence-corrected chi connectivity index (χ0v) is 12.1. The van der Waals surface area contributed by atoms with E-state index in [-0.39, 0.29) is 5.82 Å². The highest BCUT2D eigenvalue weighted by atomic mass is 35.5. The van der Waals surface area contributed by atoms with Gasteiger partial charge in [0.05, 0.1) is 10.7 Å². The van der Waals surface area contributed by atoms with E-state index in [1.54, 1.807) is 6.07 Å². The van der Waals surface area contributed by atoms with E-state index >= 15 is 0 Å². The number of nitrogens with one attached hydrogen (secondary N) is 2. The summed E-state index contributed by atoms with van der Waals surface area (Å²) in [6.07, 6.45) is 0.713. The molecule has 2 rings (SSSR count). The standard InChI is InChI=1S/C14H16ClFN4/c1-3-12-19-13(17-4-2)8-14(20-12)18-11-7-9(16)5-6-10(11)15/h5-8H,3-4H2,1-2H3,(H2,17,18,19,20). The van der Waals surface area contributed by atoms with Gasteiger partial charge in [-0.1, -0.05) is 18.5 Å². The molecule has 0 atom stereocenters. The number of benzene rings is 1. The monoisotopic (exact) mass is 294 g/mol. The number of aromatic nitrogens is 2. The summed E-state index contributed by atoms with van der Waals surface area (Å²) in [7, 11) is 0. The Kier molecular flexibility index (Phi) is 4.74. The van der Waals surface area contributed by atoms with E-state index in [0.29, 0.717) is 28.8 Å². The first-order valence-electron chi connectivity index (χ1n) is 6.46. The van der Waals surface area contributed by atoms with E-state index in [4.69, 9.17) is 11.6 Å². The second-order valence-electron chi connectivity index (χ2n) is 4.19. The SMILES string of the molecule is CCNc1cc(Nc2cc(F)ccc2Cl)nc(CC)n1. The number of hydrogen-bond donors (Lipinski definition) is 2. The van der Waals surface area contributed by atoms with Crippen molar-refractivity contribution < 1.29 is 4.39 Å². The van der Waals surface area contributed by atoms with Crippen LogP contribution in [-0.4, -0.2) is 16.5 Å². The van der Waals surface area contributed by atoms with Gasteiger partial charge < -0.3 is 10.6 Å². The molecule has 0 saturated heterocycles. The summed E-state index contributed by atoms with van der Waals surface area (Å²) in [5, 5.41) is 6.60. The maximum Gasteiger partial charge on any atom is 0.136 e. The van der Waals surface area contributed by atoms with Crippen molar-refractivity contribution in [2.45, 2.75) is 20.3 Å². The fourth-order valence-corrected chi connectivity index (χ4v) is 1.89. The van der Waals surface area contributed by atoms with Gasteiger partial charge in [0.25, 0.3) is 0 Å². The van der Waals surface area contributed by atoms with Crippen LogP contribution < -0.4 is 10.6 Å². The molecular weight excluding hydrogens is 279 g/mol. The van der Waals surface area contributed by atoms with Gasteiger partial charge in [0, 0.05) is 19.0 Å². The van der Waals surface area contributed by atoms with E-state index in [9.17, 15) is 4.39 Å². The topological polar surface area (TPSA) is 49.8 Å². The summed E-state index contributed by atoms with van der Waals surface area (Å²) in [5.74, 6) is 1.67. The normalized spacial score (nSPS) is 10.4. The minimum Gasteiger partial charge on any atom is -0.370 e. The van der Waals surface area contributed by atoms with Crippen LogP contribution in [-0.2, 0) is 6.42 Å². The van der Waals surface area contributed by atoms with Crippen LogP contribution in [0.5, 0.6) is 0 Å². The summed E-state index contributed by atoms with van der Waals surface area (Å²) >= 11 is 6.03. The third kappa shape index (κ3) is 3.57. The molecule has 6 heteroatoms. The Morgan fingerprint density at radius 3 is 2.60 bits per heavy atom. The largest absolute Gasteiger partial charge is 0.370 e. The highest BCUT2D eigenvalue weighted by Crippen LogP contribution is 2.26. The van der Waals surface area contributed by atoms with Crippen molar-refractivity contribution >= 4 is 28.9 Å². The van der Waals surface area contributed by atoms with Crippen molar-refractivity contribution in [1.82, 2.24) is 9.97 Å². The minimum atomic E-state index is -0.353. The van der Waals surface area contributed by atoms with Crippen LogP contribution in [0.2, 0.25) is 5.02 Å². The number of aryl methyl sites for hydroxylation is 1. The molecule has 0 amide bonds. The van der Waals surface area contributed by atoms with Crippen molar-refractivity contribution in [3.8, 4) is 0 Å². The summed E-state index contributed by atoms with van der Waals surface area (Å²) < 4.78 is 13.3. The first kappa shape index (κ1) is 14.5. The number of nitrogens with zero attached hydrogens (tertiary/aromatic N) is 2. The summed E-state index contributed by atoms with van der Waals surface area (Å²) in [5.41, 5.74) is 0.481. The summed E-state index contributed by atoms with van der Waals surface area (Å²) in [6.45, 7) is 4.73. The van der Waals surface area contributed by atoms with Crippen LogP contribution in [0.25, 0.3) is 0 Å². The lowest BCUT2D eigenvalue weighted by atomic mass is 10.3.